The van der Waals surface area contributed by atoms with Crippen molar-refractivity contribution in [3.05, 3.63) is 0 Å². The van der Waals surface area contributed by atoms with E-state index in [0.29, 0.717) is 19.1 Å². The number of carbonyl (C=O) groups is 1. The minimum Gasteiger partial charge on any atom is -0.383 e. The second-order valence-electron chi connectivity index (χ2n) is 6.26. The minimum absolute atomic E-state index is 0.0761. The predicted octanol–water partition coefficient (Wildman–Crippen LogP) is 2.41. The molecular weight excluding hydrogens is 252 g/mol. The summed E-state index contributed by atoms with van der Waals surface area (Å²) in [7, 11) is 1.68. The molecule has 0 aromatic heterocycles. The predicted molar refractivity (Wildman–Crippen MR) is 82.4 cm³/mol. The van der Waals surface area contributed by atoms with Crippen molar-refractivity contribution < 1.29 is 9.53 Å². The van der Waals surface area contributed by atoms with Crippen LogP contribution in [0.1, 0.15) is 52.9 Å². The third kappa shape index (κ3) is 4.74. The molecule has 0 aromatic carbocycles. The van der Waals surface area contributed by atoms with E-state index in [2.05, 4.69) is 20.8 Å². The lowest BCUT2D eigenvalue weighted by Crippen LogP contribution is -2.46. The summed E-state index contributed by atoms with van der Waals surface area (Å²) in [5, 5.41) is 0. The van der Waals surface area contributed by atoms with Crippen molar-refractivity contribution >= 4 is 5.91 Å². The summed E-state index contributed by atoms with van der Waals surface area (Å²) < 4.78 is 5.15. The van der Waals surface area contributed by atoms with Gasteiger partial charge in [-0.3, -0.25) is 4.79 Å². The molecule has 0 radical (unpaired) electrons. The van der Waals surface area contributed by atoms with E-state index in [-0.39, 0.29) is 23.9 Å². The van der Waals surface area contributed by atoms with Crippen molar-refractivity contribution in [2.24, 2.45) is 17.6 Å². The molecule has 0 aromatic rings. The minimum atomic E-state index is 0.0761. The lowest BCUT2D eigenvalue weighted by molar-refractivity contribution is -0.140. The number of nitrogens with zero attached hydrogens (tertiary/aromatic N) is 1. The van der Waals surface area contributed by atoms with Crippen LogP contribution in [0.15, 0.2) is 0 Å². The Morgan fingerprint density at radius 2 is 2.10 bits per heavy atom. The number of ether oxygens (including phenoxy) is 1. The second kappa shape index (κ2) is 8.63. The number of hydrogen-bond acceptors (Lipinski definition) is 3. The average molecular weight is 284 g/mol. The highest BCUT2D eigenvalue weighted by atomic mass is 16.5. The quantitative estimate of drug-likeness (QED) is 0.781. The molecule has 1 amide bonds. The molecule has 0 saturated heterocycles. The van der Waals surface area contributed by atoms with Gasteiger partial charge in [0.2, 0.25) is 5.91 Å². The van der Waals surface area contributed by atoms with E-state index in [4.69, 9.17) is 10.5 Å². The third-order valence-electron chi connectivity index (χ3n) is 4.79. The van der Waals surface area contributed by atoms with Gasteiger partial charge < -0.3 is 15.4 Å². The Morgan fingerprint density at radius 3 is 2.65 bits per heavy atom. The van der Waals surface area contributed by atoms with E-state index < -0.39 is 0 Å². The van der Waals surface area contributed by atoms with Crippen LogP contribution in [0, 0.1) is 11.8 Å². The summed E-state index contributed by atoms with van der Waals surface area (Å²) in [6, 6.07) is 0.553. The van der Waals surface area contributed by atoms with Crippen LogP contribution in [0.2, 0.25) is 0 Å². The summed E-state index contributed by atoms with van der Waals surface area (Å²) in [5.41, 5.74) is 6.06. The number of amides is 1. The maximum Gasteiger partial charge on any atom is 0.226 e. The average Bonchev–Trinajstić information content (AvgIpc) is 2.46. The van der Waals surface area contributed by atoms with Crippen molar-refractivity contribution in [2.75, 3.05) is 20.3 Å². The molecule has 0 spiro atoms. The summed E-state index contributed by atoms with van der Waals surface area (Å²) in [4.78, 5) is 14.8. The lowest BCUT2D eigenvalue weighted by atomic mass is 9.78. The maximum absolute atomic E-state index is 12.8. The molecule has 2 N–H and O–H groups in total. The zero-order chi connectivity index (χ0) is 15.1. The van der Waals surface area contributed by atoms with Gasteiger partial charge in [0.05, 0.1) is 6.61 Å². The van der Waals surface area contributed by atoms with Crippen LogP contribution in [0.5, 0.6) is 0 Å². The zero-order valence-electron chi connectivity index (χ0n) is 13.6. The molecule has 4 nitrogen and oxygen atoms in total. The summed E-state index contributed by atoms with van der Waals surface area (Å²) >= 11 is 0. The van der Waals surface area contributed by atoms with E-state index in [1.165, 1.54) is 0 Å². The first-order chi connectivity index (χ1) is 9.51. The fourth-order valence-electron chi connectivity index (χ4n) is 3.14. The Labute approximate surface area is 124 Å². The number of nitrogens with two attached hydrogens (primary N) is 1. The molecule has 1 saturated carbocycles. The fraction of sp³-hybridized carbons (Fsp3) is 0.938. The van der Waals surface area contributed by atoms with E-state index >= 15 is 0 Å². The monoisotopic (exact) mass is 284 g/mol. The van der Waals surface area contributed by atoms with Crippen LogP contribution < -0.4 is 5.73 Å². The first kappa shape index (κ1) is 17.4. The Hall–Kier alpha value is -0.610. The molecule has 4 atom stereocenters. The molecule has 1 fully saturated rings. The Balaban J connectivity index is 2.66. The van der Waals surface area contributed by atoms with E-state index in [1.807, 2.05) is 4.90 Å². The van der Waals surface area contributed by atoms with Crippen LogP contribution in [0.3, 0.4) is 0 Å². The SMILES string of the molecule is CCC(C)N(CCOC)C(=O)C(C)C1CCCC(N)C1. The van der Waals surface area contributed by atoms with Crippen molar-refractivity contribution in [3.63, 3.8) is 0 Å². The maximum atomic E-state index is 12.8. The van der Waals surface area contributed by atoms with Crippen molar-refractivity contribution in [1.29, 1.82) is 0 Å². The van der Waals surface area contributed by atoms with Crippen LogP contribution in [0.4, 0.5) is 0 Å². The number of carbonyl (C=O) groups excluding carboxylic acids is 1. The topological polar surface area (TPSA) is 55.6 Å². The van der Waals surface area contributed by atoms with Gasteiger partial charge >= 0.3 is 0 Å². The molecule has 0 bridgehead atoms. The van der Waals surface area contributed by atoms with Gasteiger partial charge in [-0.15, -0.1) is 0 Å². The molecule has 0 heterocycles. The largest absolute Gasteiger partial charge is 0.383 e. The molecule has 0 aliphatic heterocycles. The van der Waals surface area contributed by atoms with Gasteiger partial charge in [0.1, 0.15) is 0 Å². The molecule has 4 heteroatoms. The normalized spacial score (nSPS) is 26.1. The number of rotatable bonds is 7. The second-order valence-corrected chi connectivity index (χ2v) is 6.26. The molecule has 1 aliphatic carbocycles. The first-order valence-electron chi connectivity index (χ1n) is 8.06. The molecule has 4 unspecified atom stereocenters. The van der Waals surface area contributed by atoms with Crippen molar-refractivity contribution in [3.8, 4) is 0 Å². The summed E-state index contributed by atoms with van der Waals surface area (Å²) in [6.07, 6.45) is 5.37. The molecule has 118 valence electrons. The fourth-order valence-corrected chi connectivity index (χ4v) is 3.14. The van der Waals surface area contributed by atoms with Crippen molar-refractivity contribution in [1.82, 2.24) is 4.90 Å². The highest BCUT2D eigenvalue weighted by Crippen LogP contribution is 2.30. The third-order valence-corrected chi connectivity index (χ3v) is 4.79. The van der Waals surface area contributed by atoms with E-state index in [9.17, 15) is 4.79 Å². The van der Waals surface area contributed by atoms with Gasteiger partial charge in [0.15, 0.2) is 0 Å². The van der Waals surface area contributed by atoms with Gasteiger partial charge in [-0.05, 0) is 38.5 Å². The van der Waals surface area contributed by atoms with Crippen LogP contribution in [-0.2, 0) is 9.53 Å². The number of methoxy groups -OCH3 is 1. The highest BCUT2D eigenvalue weighted by molar-refractivity contribution is 5.79. The Morgan fingerprint density at radius 1 is 1.40 bits per heavy atom. The van der Waals surface area contributed by atoms with E-state index in [0.717, 1.165) is 32.1 Å². The molecular formula is C16H32N2O2. The zero-order valence-corrected chi connectivity index (χ0v) is 13.6. The lowest BCUT2D eigenvalue weighted by Gasteiger charge is -2.36. The summed E-state index contributed by atoms with van der Waals surface area (Å²) in [6.45, 7) is 7.61. The molecule has 1 rings (SSSR count). The summed E-state index contributed by atoms with van der Waals surface area (Å²) in [5.74, 6) is 0.794. The van der Waals surface area contributed by atoms with Crippen LogP contribution in [0.25, 0.3) is 0 Å². The van der Waals surface area contributed by atoms with Gasteiger partial charge in [0, 0.05) is 31.7 Å². The van der Waals surface area contributed by atoms with Crippen molar-refractivity contribution in [2.45, 2.75) is 65.0 Å². The Bertz CT molecular complexity index is 296. The molecule has 1 aliphatic rings. The van der Waals surface area contributed by atoms with Gasteiger partial charge in [-0.25, -0.2) is 0 Å². The first-order valence-corrected chi connectivity index (χ1v) is 8.06. The smallest absolute Gasteiger partial charge is 0.226 e. The highest BCUT2D eigenvalue weighted by Gasteiger charge is 2.32. The van der Waals surface area contributed by atoms with Gasteiger partial charge in [-0.1, -0.05) is 20.3 Å². The Kier molecular flexibility index (Phi) is 7.52. The van der Waals surface area contributed by atoms with E-state index in [1.54, 1.807) is 7.11 Å². The number of hydrogen-bond donors (Lipinski definition) is 1. The standard InChI is InChI=1S/C16H32N2O2/c1-5-12(2)18(9-10-20-4)16(19)13(3)14-7-6-8-15(17)11-14/h12-15H,5-11,17H2,1-4H3. The molecule has 20 heavy (non-hydrogen) atoms. The van der Waals surface area contributed by atoms with Gasteiger partial charge in [0.25, 0.3) is 0 Å². The van der Waals surface area contributed by atoms with Crippen LogP contribution >= 0.6 is 0 Å². The van der Waals surface area contributed by atoms with Crippen LogP contribution in [-0.4, -0.2) is 43.2 Å². The van der Waals surface area contributed by atoms with Gasteiger partial charge in [-0.2, -0.15) is 0 Å².